The van der Waals surface area contributed by atoms with Gasteiger partial charge in [-0.25, -0.2) is 0 Å². The van der Waals surface area contributed by atoms with E-state index in [1.54, 1.807) is 41.5 Å². The highest BCUT2D eigenvalue weighted by Crippen LogP contribution is 2.47. The number of hydrogen-bond donors (Lipinski definition) is 5. The molecule has 9 heteroatoms. The van der Waals surface area contributed by atoms with Gasteiger partial charge >= 0.3 is 0 Å². The van der Waals surface area contributed by atoms with E-state index in [9.17, 15) is 39.9 Å². The monoisotopic (exact) mass is 432 g/mol. The van der Waals surface area contributed by atoms with Crippen molar-refractivity contribution in [3.8, 4) is 0 Å². The molecule has 0 radical (unpaired) electrons. The van der Waals surface area contributed by atoms with Crippen molar-refractivity contribution in [1.82, 2.24) is 0 Å². The maximum atomic E-state index is 13.2. The second-order valence-corrected chi connectivity index (χ2v) is 9.47. The third-order valence-electron chi connectivity index (χ3n) is 5.31. The number of ketones is 3. The van der Waals surface area contributed by atoms with Crippen LogP contribution in [0.5, 0.6) is 0 Å². The molecule has 0 saturated carbocycles. The molecule has 30 heavy (non-hydrogen) atoms. The Hall–Kier alpha value is -1.23. The van der Waals surface area contributed by atoms with Gasteiger partial charge in [0.1, 0.15) is 12.2 Å². The van der Waals surface area contributed by atoms with Gasteiger partial charge in [0.25, 0.3) is 5.79 Å². The largest absolute Gasteiger partial charge is 0.394 e. The summed E-state index contributed by atoms with van der Waals surface area (Å²) in [6.07, 6.45) is -5.18. The van der Waals surface area contributed by atoms with E-state index in [-0.39, 0.29) is 30.6 Å². The molecule has 1 fully saturated rings. The number of aliphatic hydroxyl groups excluding tert-OH is 2. The zero-order valence-electron chi connectivity index (χ0n) is 18.6. The van der Waals surface area contributed by atoms with E-state index in [0.29, 0.717) is 0 Å². The Morgan fingerprint density at radius 3 is 1.60 bits per heavy atom. The molecule has 1 heterocycles. The van der Waals surface area contributed by atoms with Crippen molar-refractivity contribution in [2.24, 2.45) is 17.8 Å². The lowest BCUT2D eigenvalue weighted by Gasteiger charge is -2.56. The summed E-state index contributed by atoms with van der Waals surface area (Å²) < 4.78 is 5.19. The molecule has 1 aliphatic heterocycles. The number of carbonyl (C=O) groups excluding carboxylic acids is 3. The van der Waals surface area contributed by atoms with Crippen molar-refractivity contribution >= 4 is 17.3 Å². The summed E-state index contributed by atoms with van der Waals surface area (Å²) in [5.41, 5.74) is -6.73. The summed E-state index contributed by atoms with van der Waals surface area (Å²) in [7, 11) is 0. The molecule has 0 spiro atoms. The summed E-state index contributed by atoms with van der Waals surface area (Å²) in [6.45, 7) is 8.85. The van der Waals surface area contributed by atoms with Gasteiger partial charge in [0.15, 0.2) is 23.0 Å². The molecule has 9 nitrogen and oxygen atoms in total. The lowest BCUT2D eigenvalue weighted by Crippen LogP contribution is -2.86. The molecule has 0 aromatic heterocycles. The molecule has 1 aliphatic rings. The highest BCUT2D eigenvalue weighted by molar-refractivity contribution is 6.06. The number of aliphatic hydroxyl groups is 5. The Morgan fingerprint density at radius 1 is 0.800 bits per heavy atom. The zero-order chi connectivity index (χ0) is 23.7. The number of carbonyl (C=O) groups is 3. The molecule has 1 rings (SSSR count). The lowest BCUT2D eigenvalue weighted by molar-refractivity contribution is -0.376. The van der Waals surface area contributed by atoms with Gasteiger partial charge in [-0.2, -0.15) is 0 Å². The number of ether oxygens (including phenoxy) is 1. The molecule has 0 aromatic carbocycles. The summed E-state index contributed by atoms with van der Waals surface area (Å²) in [4.78, 5) is 39.2. The van der Waals surface area contributed by atoms with E-state index >= 15 is 0 Å². The minimum atomic E-state index is -3.46. The molecule has 1 unspecified atom stereocenters. The van der Waals surface area contributed by atoms with Crippen LogP contribution in [0.3, 0.4) is 0 Å². The molecule has 0 bridgehead atoms. The molecule has 5 N–H and O–H groups in total. The van der Waals surface area contributed by atoms with E-state index in [1.807, 2.05) is 0 Å². The van der Waals surface area contributed by atoms with Crippen LogP contribution in [0.15, 0.2) is 0 Å². The third-order valence-corrected chi connectivity index (χ3v) is 5.31. The third kappa shape index (κ3) is 4.37. The van der Waals surface area contributed by atoms with Crippen molar-refractivity contribution < 1.29 is 44.7 Å². The summed E-state index contributed by atoms with van der Waals surface area (Å²) >= 11 is 0. The van der Waals surface area contributed by atoms with E-state index in [4.69, 9.17) is 4.74 Å². The Kier molecular flexibility index (Phi) is 8.49. The average Bonchev–Trinajstić information content (AvgIpc) is 2.60. The second-order valence-electron chi connectivity index (χ2n) is 9.47. The minimum absolute atomic E-state index is 0.325. The van der Waals surface area contributed by atoms with Gasteiger partial charge < -0.3 is 30.3 Å². The standard InChI is InChI=1S/C21H36O9/c1-11(2)7-15(23)19(27)18(26)14(10-22)30-21(29,17(25)9-13(5)6)20(19,28)16(24)8-12(3)4/h11-14,18,22,26-29H,7-10H2,1-6H3/t14-,18-,19+,20-,21?/m1/s1. The maximum Gasteiger partial charge on any atom is 0.267 e. The molecular weight excluding hydrogens is 396 g/mol. The summed E-state index contributed by atoms with van der Waals surface area (Å²) in [5.74, 6) is -7.87. The number of Topliss-reactive ketones (excluding diaryl/α,β-unsaturated/α-hetero) is 3. The van der Waals surface area contributed by atoms with Crippen LogP contribution in [0, 0.1) is 17.8 Å². The normalized spacial score (nSPS) is 34.6. The van der Waals surface area contributed by atoms with Gasteiger partial charge in [0.05, 0.1) is 6.61 Å². The van der Waals surface area contributed by atoms with E-state index < -0.39 is 59.6 Å². The molecule has 1 saturated heterocycles. The smallest absolute Gasteiger partial charge is 0.267 e. The van der Waals surface area contributed by atoms with Gasteiger partial charge in [-0.3, -0.25) is 14.4 Å². The van der Waals surface area contributed by atoms with E-state index in [1.165, 1.54) is 0 Å². The fourth-order valence-electron chi connectivity index (χ4n) is 3.84. The van der Waals surface area contributed by atoms with Crippen LogP contribution in [0.1, 0.15) is 60.8 Å². The SMILES string of the molecule is CC(C)CC(=O)C1(O)O[C@H](CO)[C@@H](O)[C@@](O)(C(=O)CC(C)C)[C@]1(O)C(=O)CC(C)C. The summed E-state index contributed by atoms with van der Waals surface area (Å²) in [6, 6.07) is 0. The molecule has 5 atom stereocenters. The van der Waals surface area contributed by atoms with Gasteiger partial charge in [-0.05, 0) is 17.8 Å². The van der Waals surface area contributed by atoms with Crippen molar-refractivity contribution in [2.45, 2.75) is 90.0 Å². The van der Waals surface area contributed by atoms with E-state index in [0.717, 1.165) is 0 Å². The van der Waals surface area contributed by atoms with Crippen molar-refractivity contribution in [1.29, 1.82) is 0 Å². The number of hydrogen-bond acceptors (Lipinski definition) is 9. The second kappa shape index (κ2) is 9.50. The van der Waals surface area contributed by atoms with Crippen LogP contribution in [-0.4, -0.2) is 78.7 Å². The Labute approximate surface area is 177 Å². The fourth-order valence-corrected chi connectivity index (χ4v) is 3.84. The van der Waals surface area contributed by atoms with Crippen molar-refractivity contribution in [3.63, 3.8) is 0 Å². The first-order valence-electron chi connectivity index (χ1n) is 10.3. The Bertz CT molecular complexity index is 659. The van der Waals surface area contributed by atoms with Crippen LogP contribution in [0.25, 0.3) is 0 Å². The quantitative estimate of drug-likeness (QED) is 0.313. The van der Waals surface area contributed by atoms with Crippen molar-refractivity contribution in [3.05, 3.63) is 0 Å². The lowest BCUT2D eigenvalue weighted by atomic mass is 9.62. The molecular formula is C21H36O9. The highest BCUT2D eigenvalue weighted by atomic mass is 16.7. The fraction of sp³-hybridized carbons (Fsp3) is 0.857. The van der Waals surface area contributed by atoms with Crippen LogP contribution < -0.4 is 0 Å². The van der Waals surface area contributed by atoms with E-state index in [2.05, 4.69) is 0 Å². The topological polar surface area (TPSA) is 162 Å². The van der Waals surface area contributed by atoms with Crippen LogP contribution in [0.2, 0.25) is 0 Å². The van der Waals surface area contributed by atoms with Gasteiger partial charge in [0, 0.05) is 19.3 Å². The Morgan fingerprint density at radius 2 is 1.20 bits per heavy atom. The first-order valence-corrected chi connectivity index (χ1v) is 10.3. The van der Waals surface area contributed by atoms with Crippen LogP contribution >= 0.6 is 0 Å². The average molecular weight is 433 g/mol. The first-order chi connectivity index (χ1) is 13.6. The van der Waals surface area contributed by atoms with Gasteiger partial charge in [-0.1, -0.05) is 41.5 Å². The zero-order valence-corrected chi connectivity index (χ0v) is 18.6. The molecule has 0 amide bonds. The van der Waals surface area contributed by atoms with Gasteiger partial charge in [-0.15, -0.1) is 0 Å². The molecule has 0 aromatic rings. The highest BCUT2D eigenvalue weighted by Gasteiger charge is 2.78. The van der Waals surface area contributed by atoms with Crippen LogP contribution in [-0.2, 0) is 19.1 Å². The van der Waals surface area contributed by atoms with Crippen molar-refractivity contribution in [2.75, 3.05) is 6.61 Å². The maximum absolute atomic E-state index is 13.2. The van der Waals surface area contributed by atoms with Gasteiger partial charge in [0.2, 0.25) is 5.60 Å². The molecule has 174 valence electrons. The Balaban J connectivity index is 3.84. The predicted octanol–water partition coefficient (Wildman–Crippen LogP) is -0.265. The van der Waals surface area contributed by atoms with Crippen LogP contribution in [0.4, 0.5) is 0 Å². The minimum Gasteiger partial charge on any atom is -0.394 e. The predicted molar refractivity (Wildman–Crippen MR) is 106 cm³/mol. The number of rotatable bonds is 10. The first kappa shape index (κ1) is 26.8. The summed E-state index contributed by atoms with van der Waals surface area (Å²) in [5, 5.41) is 54.5. The molecule has 0 aliphatic carbocycles.